The van der Waals surface area contributed by atoms with Crippen molar-refractivity contribution in [2.45, 2.75) is 104 Å². The van der Waals surface area contributed by atoms with E-state index in [-0.39, 0.29) is 18.6 Å². The molecule has 10 N–H and O–H groups in total. The minimum absolute atomic E-state index is 0. The molecule has 0 aromatic heterocycles. The van der Waals surface area contributed by atoms with Crippen molar-refractivity contribution >= 4 is 28.6 Å². The number of ketones is 1. The van der Waals surface area contributed by atoms with Crippen LogP contribution in [0.2, 0.25) is 0 Å². The molecule has 0 fully saturated rings. The van der Waals surface area contributed by atoms with Crippen LogP contribution in [-0.2, 0) is 80.6 Å². The number of carbonyl (C=O) groups is 1. The van der Waals surface area contributed by atoms with Crippen LogP contribution in [0.25, 0.3) is 0 Å². The predicted octanol–water partition coefficient (Wildman–Crippen LogP) is 5.03. The van der Waals surface area contributed by atoms with Gasteiger partial charge in [0.15, 0.2) is 0 Å². The van der Waals surface area contributed by atoms with E-state index in [1.54, 1.807) is 6.92 Å². The molecule has 0 aliphatic heterocycles. The number of hydrogen-bond acceptors (Lipinski definition) is 25. The molecule has 558 valence electrons. The number of nitrogens with two attached hydrogens (primary N) is 4. The van der Waals surface area contributed by atoms with Gasteiger partial charge in [0.05, 0.1) is 248 Å². The molecular weight excluding hydrogens is 1200 g/mol. The van der Waals surface area contributed by atoms with Gasteiger partial charge in [0.2, 0.25) is 0 Å². The highest BCUT2D eigenvalue weighted by atomic mass is 16.6. The fraction of sp³-hybridized carbons (Fsp3) is 0.925. The molecule has 0 bridgehead atoms. The van der Waals surface area contributed by atoms with Gasteiger partial charge >= 0.3 is 0 Å². The first-order chi connectivity index (χ1) is 44.2. The largest absolute Gasteiger partial charge is 1.00 e. The normalized spacial score (nSPS) is 13.3. The van der Waals surface area contributed by atoms with Crippen molar-refractivity contribution in [3.8, 4) is 0 Å². The summed E-state index contributed by atoms with van der Waals surface area (Å²) in [7, 11) is 0. The van der Waals surface area contributed by atoms with E-state index in [2.05, 4.69) is 103 Å². The molecule has 0 radical (unpaired) electrons. The third-order valence-corrected chi connectivity index (χ3v) is 13.8. The van der Waals surface area contributed by atoms with Crippen LogP contribution in [0.15, 0.2) is 20.0 Å². The second kappa shape index (κ2) is 70.8. The van der Waals surface area contributed by atoms with Gasteiger partial charge in [0.25, 0.3) is 0 Å². The molecular formula is C67H141N8O18-. The molecule has 0 aliphatic rings. The van der Waals surface area contributed by atoms with E-state index in [1.807, 2.05) is 13.8 Å². The average Bonchev–Trinajstić information content (AvgIpc) is 1.22. The Morgan fingerprint density at radius 2 is 0.409 bits per heavy atom. The maximum atomic E-state index is 10.1. The van der Waals surface area contributed by atoms with Crippen LogP contribution in [-0.4, -0.2) is 298 Å². The third kappa shape index (κ3) is 66.5. The summed E-state index contributed by atoms with van der Waals surface area (Å²) in [5.74, 6) is 2.24. The van der Waals surface area contributed by atoms with Crippen molar-refractivity contribution in [1.82, 2.24) is 0 Å². The van der Waals surface area contributed by atoms with Crippen molar-refractivity contribution in [1.29, 1.82) is 0 Å². The van der Waals surface area contributed by atoms with Crippen molar-refractivity contribution in [2.24, 2.45) is 83.3 Å². The summed E-state index contributed by atoms with van der Waals surface area (Å²) in [4.78, 5) is 28.4. The van der Waals surface area contributed by atoms with Gasteiger partial charge in [-0.15, -0.1) is 0 Å². The van der Waals surface area contributed by atoms with Crippen LogP contribution in [0.3, 0.4) is 0 Å². The van der Waals surface area contributed by atoms with E-state index in [9.17, 15) is 4.79 Å². The van der Waals surface area contributed by atoms with Crippen molar-refractivity contribution in [2.75, 3.05) is 264 Å². The van der Waals surface area contributed by atoms with Crippen molar-refractivity contribution in [3.63, 3.8) is 0 Å². The zero-order chi connectivity index (χ0) is 69.2. The maximum Gasteiger partial charge on any atom is 0.132 e. The van der Waals surface area contributed by atoms with Gasteiger partial charge in [0.1, 0.15) is 5.78 Å². The number of hydrogen-bond donors (Lipinski definition) is 4. The van der Waals surface area contributed by atoms with Gasteiger partial charge in [-0.1, -0.05) is 69.2 Å². The number of carbonyl (C=O) groups excluding carboxylic acids is 1. The van der Waals surface area contributed by atoms with Gasteiger partial charge in [-0.05, 0) is 58.3 Å². The lowest BCUT2D eigenvalue weighted by atomic mass is 9.92. The Labute approximate surface area is 565 Å². The lowest BCUT2D eigenvalue weighted by molar-refractivity contribution is -0.121. The molecule has 0 aromatic rings. The zero-order valence-corrected chi connectivity index (χ0v) is 61.2. The topological polar surface area (TPSA) is 350 Å². The van der Waals surface area contributed by atoms with Crippen LogP contribution in [0.4, 0.5) is 0 Å². The number of nitrogens with zero attached hydrogens (tertiary/aromatic N) is 4. The van der Waals surface area contributed by atoms with Crippen LogP contribution in [0, 0.1) is 40.4 Å². The molecule has 0 atom stereocenters. The first-order valence-corrected chi connectivity index (χ1v) is 33.8. The summed E-state index contributed by atoms with van der Waals surface area (Å²) in [6.07, 6.45) is 0. The first-order valence-electron chi connectivity index (χ1n) is 33.8. The SMILES string of the molecule is CC(=NCCOCCOCC(COCCOCCN=C(C)C(C)C)(COCCOCCN=C(C)C(C)C)COCCOCCN=C(C)C(C)C)C(C)C.CC(=O)C(C)C.NCCOCCOCC(COCCOCCN)(COCCOCCN)COCCOCCN.O.[2H-]. The molecule has 0 unspecified atom stereocenters. The second-order valence-corrected chi connectivity index (χ2v) is 24.0. The Balaban J connectivity index is -0.000000549. The Morgan fingerprint density at radius 1 is 0.269 bits per heavy atom. The van der Waals surface area contributed by atoms with E-state index in [1.165, 1.54) is 0 Å². The van der Waals surface area contributed by atoms with Crippen LogP contribution >= 0.6 is 0 Å². The molecule has 0 saturated carbocycles. The summed E-state index contributed by atoms with van der Waals surface area (Å²) in [6, 6.07) is 0. The smallest absolute Gasteiger partial charge is 0.132 e. The van der Waals surface area contributed by atoms with Gasteiger partial charge in [-0.2, -0.15) is 0 Å². The fourth-order valence-electron chi connectivity index (χ4n) is 6.78. The summed E-state index contributed by atoms with van der Waals surface area (Å²) >= 11 is 0. The van der Waals surface area contributed by atoms with E-state index in [0.29, 0.717) is 287 Å². The predicted molar refractivity (Wildman–Crippen MR) is 376 cm³/mol. The lowest BCUT2D eigenvalue weighted by Gasteiger charge is -2.33. The Bertz CT molecular complexity index is 1520. The van der Waals surface area contributed by atoms with Crippen LogP contribution < -0.4 is 22.9 Å². The minimum Gasteiger partial charge on any atom is -1.00 e. The molecule has 0 saturated heterocycles. The van der Waals surface area contributed by atoms with Gasteiger partial charge in [0, 0.05) is 54.9 Å². The molecule has 0 aromatic carbocycles. The van der Waals surface area contributed by atoms with Gasteiger partial charge in [-0.25, -0.2) is 0 Å². The van der Waals surface area contributed by atoms with E-state index < -0.39 is 10.8 Å². The molecule has 0 rings (SSSR count). The average molecular weight is 1350 g/mol. The number of Topliss-reactive ketones (excluding diaryl/α,β-unsaturated/α-hetero) is 1. The number of ether oxygens (including phenoxy) is 16. The Hall–Kier alpha value is -2.49. The van der Waals surface area contributed by atoms with Gasteiger partial charge in [-0.3, -0.25) is 24.8 Å². The number of aliphatic imine (C=N–C) groups is 4. The van der Waals surface area contributed by atoms with Crippen molar-refractivity contribution in [3.05, 3.63) is 0 Å². The molecule has 0 spiro atoms. The fourth-order valence-corrected chi connectivity index (χ4v) is 6.78. The molecule has 0 heterocycles. The van der Waals surface area contributed by atoms with Gasteiger partial charge < -0.3 is 106 Å². The zero-order valence-electron chi connectivity index (χ0n) is 62.2. The summed E-state index contributed by atoms with van der Waals surface area (Å²) in [5, 5.41) is 0. The molecule has 93 heavy (non-hydrogen) atoms. The highest BCUT2D eigenvalue weighted by Gasteiger charge is 2.34. The van der Waals surface area contributed by atoms with Crippen LogP contribution in [0.1, 0.15) is 105 Å². The first kappa shape index (κ1) is 96.9. The lowest BCUT2D eigenvalue weighted by Crippen LogP contribution is -2.43. The second-order valence-electron chi connectivity index (χ2n) is 24.0. The molecule has 26 nitrogen and oxygen atoms in total. The number of rotatable bonds is 65. The third-order valence-electron chi connectivity index (χ3n) is 13.8. The minimum atomic E-state index is -0.561. The highest BCUT2D eigenvalue weighted by molar-refractivity contribution is 5.84. The van der Waals surface area contributed by atoms with Crippen LogP contribution in [0.5, 0.6) is 0 Å². The van der Waals surface area contributed by atoms with Crippen molar-refractivity contribution < 1.29 is 87.5 Å². The monoisotopic (exact) mass is 1350 g/mol. The molecule has 0 amide bonds. The highest BCUT2D eigenvalue weighted by Crippen LogP contribution is 2.22. The summed E-state index contributed by atoms with van der Waals surface area (Å²) in [5.41, 5.74) is 25.2. The molecule has 0 aliphatic carbocycles. The Morgan fingerprint density at radius 3 is 0.538 bits per heavy atom. The molecule has 26 heteroatoms. The maximum absolute atomic E-state index is 10.1. The standard InChI is InChI=1S/C41H80N4O8.C21H48N4O8.C5H10O.H2O.H/c1-33(2)37(9)42-13-17-46-21-25-50-29-41(30-51-26-22-47-18-14-43-38(10)34(3)4,31-52-27-23-48-19-15-44-39(11)35(5)6)32-53-28-24-49-20-16-45-40(12)36(7)8;22-1-5-26-9-13-30-17-21(18-31-14-10-27-6-2-23,19-32-15-11-28-7-3-24)20-33-16-12-29-8-4-25;1-4(2)5(3)6;;/h33-36H,13-32H2,1-12H3;1-20,22-25H2;4H,1-3H3;1H2;/q;;;;-1/i;;;;1+1. The quantitative estimate of drug-likeness (QED) is 0.0458. The van der Waals surface area contributed by atoms with E-state index in [4.69, 9.17) is 98.7 Å². The van der Waals surface area contributed by atoms with E-state index in [0.717, 1.165) is 22.8 Å². The summed E-state index contributed by atoms with van der Waals surface area (Å²) < 4.78 is 93.0. The summed E-state index contributed by atoms with van der Waals surface area (Å²) in [6.45, 7) is 49.7. The van der Waals surface area contributed by atoms with E-state index >= 15 is 0 Å². The Kier molecular flexibility index (Phi) is 73.8.